The van der Waals surface area contributed by atoms with Gasteiger partial charge in [0.1, 0.15) is 5.60 Å². The maximum atomic E-state index is 13.6. The Morgan fingerprint density at radius 2 is 1.74 bits per heavy atom. The molecule has 0 bridgehead atoms. The van der Waals surface area contributed by atoms with Crippen molar-refractivity contribution in [2.75, 3.05) is 70.6 Å². The van der Waals surface area contributed by atoms with E-state index < -0.39 is 21.7 Å². The number of likely N-dealkylation sites (N-methyl/N-ethyl adjacent to an activating group) is 1. The highest BCUT2D eigenvalue weighted by Gasteiger charge is 2.29. The number of ether oxygens (including phenoxy) is 1. The first-order valence-corrected chi connectivity index (χ1v) is 17.1. The summed E-state index contributed by atoms with van der Waals surface area (Å²) in [4.78, 5) is 47.1. The highest BCUT2D eigenvalue weighted by Crippen LogP contribution is 2.27. The van der Waals surface area contributed by atoms with Crippen LogP contribution in [-0.4, -0.2) is 133 Å². The zero-order chi connectivity index (χ0) is 34.4. The molecule has 2 aromatic rings. The van der Waals surface area contributed by atoms with Gasteiger partial charge in [0.05, 0.1) is 19.3 Å². The zero-order valence-corrected chi connectivity index (χ0v) is 29.2. The summed E-state index contributed by atoms with van der Waals surface area (Å²) in [5, 5.41) is 10.2. The fraction of sp³-hybridized carbons (Fsp3) is 0.633. The molecule has 1 aliphatic rings. The van der Waals surface area contributed by atoms with Crippen LogP contribution in [0, 0.1) is 13.8 Å². The minimum Gasteiger partial charge on any atom is -0.444 e. The van der Waals surface area contributed by atoms with E-state index in [1.54, 1.807) is 49.6 Å². The number of hydrogen-bond acceptors (Lipinski definition) is 11. The van der Waals surface area contributed by atoms with Crippen molar-refractivity contribution in [3.8, 4) is 11.4 Å². The summed E-state index contributed by atoms with van der Waals surface area (Å²) in [6, 6.07) is 5.37. The summed E-state index contributed by atoms with van der Waals surface area (Å²) < 4.78 is 35.9. The van der Waals surface area contributed by atoms with E-state index in [0.717, 1.165) is 5.56 Å². The summed E-state index contributed by atoms with van der Waals surface area (Å²) in [7, 11) is -1.68. The van der Waals surface area contributed by atoms with Gasteiger partial charge in [-0.25, -0.2) is 18.2 Å². The molecule has 0 spiro atoms. The van der Waals surface area contributed by atoms with Crippen molar-refractivity contribution in [2.24, 2.45) is 0 Å². The maximum absolute atomic E-state index is 13.6. The Labute approximate surface area is 271 Å². The van der Waals surface area contributed by atoms with Crippen molar-refractivity contribution in [3.63, 3.8) is 0 Å². The number of hydrogen-bond donors (Lipinski definition) is 1. The summed E-state index contributed by atoms with van der Waals surface area (Å²) in [6.45, 7) is 14.1. The van der Waals surface area contributed by atoms with Gasteiger partial charge in [0.15, 0.2) is 0 Å². The van der Waals surface area contributed by atoms with Crippen LogP contribution < -0.4 is 10.2 Å². The molecule has 16 heteroatoms. The summed E-state index contributed by atoms with van der Waals surface area (Å²) in [6.07, 6.45) is 0.707. The van der Waals surface area contributed by atoms with Gasteiger partial charge in [-0.05, 0) is 53.2 Å². The Hall–Kier alpha value is -3.76. The molecular weight excluding hydrogens is 616 g/mol. The first-order valence-electron chi connectivity index (χ1n) is 15.2. The number of hydrazine groups is 1. The number of benzene rings is 1. The highest BCUT2D eigenvalue weighted by molar-refractivity contribution is 7.88. The Bertz CT molecular complexity index is 1480. The third-order valence-electron chi connectivity index (χ3n) is 7.39. The number of sulfonamides is 1. The monoisotopic (exact) mass is 664 g/mol. The maximum Gasteiger partial charge on any atom is 0.410 e. The van der Waals surface area contributed by atoms with Gasteiger partial charge in [-0.2, -0.15) is 9.29 Å². The molecule has 1 fully saturated rings. The number of rotatable bonds is 12. The van der Waals surface area contributed by atoms with Gasteiger partial charge in [-0.1, -0.05) is 17.3 Å². The lowest BCUT2D eigenvalue weighted by Gasteiger charge is -2.39. The molecule has 1 aliphatic heterocycles. The third kappa shape index (κ3) is 10.4. The lowest BCUT2D eigenvalue weighted by molar-refractivity contribution is -0.146. The van der Waals surface area contributed by atoms with E-state index in [2.05, 4.69) is 15.5 Å². The van der Waals surface area contributed by atoms with Crippen LogP contribution in [0.3, 0.4) is 0 Å². The standard InChI is InChI=1S/C30H48N8O7S/c1-21(2)38(29(41)44-30(5,6)7)13-12-31-26(39)19-35(25-18-24(11-10-22(25)3)28-32-23(4)45-33-28)20-27(40)34(8)36-14-16-37(17-15-36)46(9,42)43/h10-11,18,21H,12-17,19-20H2,1-9H3,(H,31,39). The average molecular weight is 665 g/mol. The molecule has 1 N–H and O–H groups in total. The minimum atomic E-state index is -3.32. The SMILES string of the molecule is Cc1nc(-c2ccc(C)c(N(CC(=O)NCCN(C(=O)OC(C)(C)C)C(C)C)CC(=O)N(C)N3CCN(S(C)(=O)=O)CC3)c2)no1. The van der Waals surface area contributed by atoms with Crippen molar-refractivity contribution in [1.82, 2.24) is 34.7 Å². The quantitative estimate of drug-likeness (QED) is 0.353. The fourth-order valence-electron chi connectivity index (χ4n) is 4.89. The summed E-state index contributed by atoms with van der Waals surface area (Å²) in [5.74, 6) is 0.163. The Kier molecular flexibility index (Phi) is 12.1. The second-order valence-electron chi connectivity index (χ2n) is 12.6. The molecule has 0 unspecified atom stereocenters. The number of nitrogens with one attached hydrogen (secondary N) is 1. The minimum absolute atomic E-state index is 0.137. The largest absolute Gasteiger partial charge is 0.444 e. The molecule has 0 atom stereocenters. The van der Waals surface area contributed by atoms with Crippen molar-refractivity contribution >= 4 is 33.6 Å². The van der Waals surface area contributed by atoms with Crippen LogP contribution in [0.5, 0.6) is 0 Å². The molecule has 0 radical (unpaired) electrons. The average Bonchev–Trinajstić information content (AvgIpc) is 3.39. The number of carbonyl (C=O) groups is 3. The van der Waals surface area contributed by atoms with E-state index in [9.17, 15) is 22.8 Å². The van der Waals surface area contributed by atoms with Crippen LogP contribution in [0.25, 0.3) is 11.4 Å². The number of amides is 3. The highest BCUT2D eigenvalue weighted by atomic mass is 32.2. The first-order chi connectivity index (χ1) is 21.4. The third-order valence-corrected chi connectivity index (χ3v) is 8.69. The van der Waals surface area contributed by atoms with E-state index in [0.29, 0.717) is 36.1 Å². The van der Waals surface area contributed by atoms with Gasteiger partial charge >= 0.3 is 6.09 Å². The van der Waals surface area contributed by atoms with Crippen molar-refractivity contribution in [1.29, 1.82) is 0 Å². The number of aromatic nitrogens is 2. The van der Waals surface area contributed by atoms with Gasteiger partial charge < -0.3 is 24.4 Å². The Morgan fingerprint density at radius 3 is 2.28 bits per heavy atom. The second-order valence-corrected chi connectivity index (χ2v) is 14.6. The van der Waals surface area contributed by atoms with Gasteiger partial charge in [0.25, 0.3) is 5.91 Å². The van der Waals surface area contributed by atoms with E-state index >= 15 is 0 Å². The summed E-state index contributed by atoms with van der Waals surface area (Å²) >= 11 is 0. The topological polar surface area (TPSA) is 162 Å². The summed E-state index contributed by atoms with van der Waals surface area (Å²) in [5.41, 5.74) is 1.47. The smallest absolute Gasteiger partial charge is 0.410 e. The fourth-order valence-corrected chi connectivity index (χ4v) is 5.72. The number of carbonyl (C=O) groups excluding carboxylic acids is 3. The number of anilines is 1. The number of aryl methyl sites for hydroxylation is 2. The predicted octanol–water partition coefficient (Wildman–Crippen LogP) is 1.87. The van der Waals surface area contributed by atoms with Gasteiger partial charge in [0.2, 0.25) is 27.6 Å². The van der Waals surface area contributed by atoms with E-state index in [4.69, 9.17) is 9.26 Å². The molecule has 1 aromatic heterocycles. The predicted molar refractivity (Wildman–Crippen MR) is 173 cm³/mol. The lowest BCUT2D eigenvalue weighted by atomic mass is 10.1. The normalized spacial score (nSPS) is 14.7. The molecule has 3 amide bonds. The molecule has 3 rings (SSSR count). The molecule has 2 heterocycles. The van der Waals surface area contributed by atoms with Crippen LogP contribution in [0.15, 0.2) is 22.7 Å². The van der Waals surface area contributed by atoms with Gasteiger partial charge in [-0.15, -0.1) is 0 Å². The molecule has 1 aromatic carbocycles. The van der Waals surface area contributed by atoms with Crippen LogP contribution in [0.4, 0.5) is 10.5 Å². The van der Waals surface area contributed by atoms with Crippen LogP contribution >= 0.6 is 0 Å². The number of nitrogens with zero attached hydrogens (tertiary/aromatic N) is 7. The zero-order valence-electron chi connectivity index (χ0n) is 28.4. The second kappa shape index (κ2) is 15.2. The molecule has 15 nitrogen and oxygen atoms in total. The molecule has 0 saturated carbocycles. The van der Waals surface area contributed by atoms with Gasteiger partial charge in [-0.3, -0.25) is 14.6 Å². The Morgan fingerprint density at radius 1 is 1.09 bits per heavy atom. The van der Waals surface area contributed by atoms with Crippen LogP contribution in [0.2, 0.25) is 0 Å². The molecule has 46 heavy (non-hydrogen) atoms. The van der Waals surface area contributed by atoms with Crippen molar-refractivity contribution < 1.29 is 32.1 Å². The van der Waals surface area contributed by atoms with Crippen LogP contribution in [0.1, 0.15) is 46.1 Å². The van der Waals surface area contributed by atoms with E-state index in [1.165, 1.54) is 15.6 Å². The number of piperazine rings is 1. The lowest BCUT2D eigenvalue weighted by Crippen LogP contribution is -2.56. The molecule has 1 saturated heterocycles. The molecule has 256 valence electrons. The first kappa shape index (κ1) is 36.7. The van der Waals surface area contributed by atoms with Crippen LogP contribution in [-0.2, 0) is 24.3 Å². The van der Waals surface area contributed by atoms with Crippen molar-refractivity contribution in [2.45, 2.75) is 60.1 Å². The Balaban J connectivity index is 1.77. The van der Waals surface area contributed by atoms with Crippen molar-refractivity contribution in [3.05, 3.63) is 29.7 Å². The van der Waals surface area contributed by atoms with E-state index in [1.807, 2.05) is 39.0 Å². The molecule has 0 aliphatic carbocycles. The van der Waals surface area contributed by atoms with E-state index in [-0.39, 0.29) is 57.1 Å². The van der Waals surface area contributed by atoms with Gasteiger partial charge in [0, 0.05) is 70.5 Å². The molecular formula is C30H48N8O7S.